The Balaban J connectivity index is 1.90. The Kier molecular flexibility index (Phi) is 4.20. The Hall–Kier alpha value is -2.55. The maximum absolute atomic E-state index is 10.9. The van der Waals surface area contributed by atoms with E-state index in [9.17, 15) is 4.79 Å². The lowest BCUT2D eigenvalue weighted by Crippen LogP contribution is -1.98. The summed E-state index contributed by atoms with van der Waals surface area (Å²) < 4.78 is 0. The molecule has 0 radical (unpaired) electrons. The fourth-order valence-electron chi connectivity index (χ4n) is 2.98. The van der Waals surface area contributed by atoms with Crippen LogP contribution in [0.1, 0.15) is 25.0 Å². The number of aliphatic carboxylic acids is 1. The number of rotatable bonds is 5. The van der Waals surface area contributed by atoms with E-state index in [1.165, 1.54) is 11.1 Å². The van der Waals surface area contributed by atoms with Gasteiger partial charge in [0.1, 0.15) is 0 Å². The van der Waals surface area contributed by atoms with E-state index in [-0.39, 0.29) is 6.42 Å². The van der Waals surface area contributed by atoms with Crippen molar-refractivity contribution in [3.63, 3.8) is 0 Å². The van der Waals surface area contributed by atoms with Crippen LogP contribution in [0.3, 0.4) is 0 Å². The number of aromatic nitrogens is 1. The molecule has 0 unspecified atom stereocenters. The van der Waals surface area contributed by atoms with Gasteiger partial charge in [-0.2, -0.15) is 0 Å². The number of carboxylic acids is 1. The molecule has 0 saturated heterocycles. The Bertz CT molecular complexity index is 828. The number of benzene rings is 2. The zero-order valence-corrected chi connectivity index (χ0v) is 13.5. The van der Waals surface area contributed by atoms with Crippen LogP contribution in [0.2, 0.25) is 0 Å². The summed E-state index contributed by atoms with van der Waals surface area (Å²) in [7, 11) is 0. The van der Waals surface area contributed by atoms with Crippen LogP contribution in [0.15, 0.2) is 48.7 Å². The van der Waals surface area contributed by atoms with Crippen LogP contribution >= 0.6 is 0 Å². The second kappa shape index (κ2) is 6.29. The molecular weight excluding hydrogens is 286 g/mol. The van der Waals surface area contributed by atoms with E-state index in [0.29, 0.717) is 5.92 Å². The fraction of sp³-hybridized carbons (Fsp3) is 0.250. The van der Waals surface area contributed by atoms with Gasteiger partial charge in [0.25, 0.3) is 0 Å². The van der Waals surface area contributed by atoms with Gasteiger partial charge in [0.15, 0.2) is 0 Å². The average Bonchev–Trinajstić information content (AvgIpc) is 2.89. The molecule has 0 aliphatic heterocycles. The molecular formula is C20H21NO2. The molecule has 2 N–H and O–H groups in total. The van der Waals surface area contributed by atoms with Crippen molar-refractivity contribution in [1.29, 1.82) is 0 Å². The number of fused-ring (bicyclic) bond motifs is 1. The number of carbonyl (C=O) groups is 1. The van der Waals surface area contributed by atoms with E-state index in [0.717, 1.165) is 28.5 Å². The summed E-state index contributed by atoms with van der Waals surface area (Å²) in [6.45, 7) is 4.45. The van der Waals surface area contributed by atoms with Crippen LogP contribution < -0.4 is 0 Å². The lowest BCUT2D eigenvalue weighted by atomic mass is 9.98. The van der Waals surface area contributed by atoms with E-state index < -0.39 is 5.97 Å². The molecule has 0 bridgehead atoms. The van der Waals surface area contributed by atoms with Crippen LogP contribution in [0.4, 0.5) is 0 Å². The maximum Gasteiger partial charge on any atom is 0.307 e. The summed E-state index contributed by atoms with van der Waals surface area (Å²) in [5.41, 5.74) is 5.47. The molecule has 2 aromatic carbocycles. The van der Waals surface area contributed by atoms with Crippen LogP contribution in [-0.2, 0) is 17.6 Å². The molecule has 0 aliphatic carbocycles. The van der Waals surface area contributed by atoms with E-state index in [2.05, 4.69) is 55.2 Å². The lowest BCUT2D eigenvalue weighted by molar-refractivity contribution is -0.136. The molecule has 118 valence electrons. The first-order chi connectivity index (χ1) is 11.0. The number of carboxylic acid groups (broad SMARTS) is 1. The molecule has 0 amide bonds. The molecule has 0 atom stereocenters. The van der Waals surface area contributed by atoms with E-state index in [1.807, 2.05) is 6.07 Å². The third kappa shape index (κ3) is 3.45. The largest absolute Gasteiger partial charge is 0.481 e. The van der Waals surface area contributed by atoms with Gasteiger partial charge in [-0.25, -0.2) is 0 Å². The van der Waals surface area contributed by atoms with Crippen LogP contribution in [-0.4, -0.2) is 16.1 Å². The van der Waals surface area contributed by atoms with Gasteiger partial charge >= 0.3 is 5.97 Å². The molecule has 0 spiro atoms. The topological polar surface area (TPSA) is 53.1 Å². The van der Waals surface area contributed by atoms with Gasteiger partial charge in [-0.05, 0) is 40.7 Å². The summed E-state index contributed by atoms with van der Waals surface area (Å²) in [6.07, 6.45) is 2.92. The molecule has 0 saturated carbocycles. The minimum absolute atomic E-state index is 0.0449. The molecule has 1 heterocycles. The van der Waals surface area contributed by atoms with Gasteiger partial charge in [-0.1, -0.05) is 50.2 Å². The molecule has 1 aromatic heterocycles. The summed E-state index contributed by atoms with van der Waals surface area (Å²) in [5.74, 6) is -0.153. The first-order valence-electron chi connectivity index (χ1n) is 7.94. The van der Waals surface area contributed by atoms with E-state index in [1.54, 1.807) is 6.20 Å². The molecule has 23 heavy (non-hydrogen) atoms. The van der Waals surface area contributed by atoms with Crippen molar-refractivity contribution >= 4 is 16.9 Å². The highest BCUT2D eigenvalue weighted by atomic mass is 16.4. The van der Waals surface area contributed by atoms with Crippen molar-refractivity contribution in [2.24, 2.45) is 5.92 Å². The Morgan fingerprint density at radius 1 is 1.09 bits per heavy atom. The van der Waals surface area contributed by atoms with Gasteiger partial charge < -0.3 is 10.1 Å². The van der Waals surface area contributed by atoms with Crippen molar-refractivity contribution in [2.45, 2.75) is 26.7 Å². The highest BCUT2D eigenvalue weighted by molar-refractivity contribution is 5.90. The quantitative estimate of drug-likeness (QED) is 0.720. The Morgan fingerprint density at radius 3 is 2.43 bits per heavy atom. The van der Waals surface area contributed by atoms with Crippen molar-refractivity contribution in [1.82, 2.24) is 4.98 Å². The van der Waals surface area contributed by atoms with E-state index in [4.69, 9.17) is 5.11 Å². The summed E-state index contributed by atoms with van der Waals surface area (Å²) in [4.78, 5) is 14.1. The zero-order valence-electron chi connectivity index (χ0n) is 13.5. The number of hydrogen-bond acceptors (Lipinski definition) is 1. The molecule has 3 nitrogen and oxygen atoms in total. The van der Waals surface area contributed by atoms with Gasteiger partial charge in [-0.3, -0.25) is 4.79 Å². The maximum atomic E-state index is 10.9. The van der Waals surface area contributed by atoms with Crippen molar-refractivity contribution in [2.75, 3.05) is 0 Å². The zero-order chi connectivity index (χ0) is 16.4. The third-order valence-electron chi connectivity index (χ3n) is 4.04. The van der Waals surface area contributed by atoms with E-state index >= 15 is 0 Å². The minimum atomic E-state index is -0.810. The van der Waals surface area contributed by atoms with Crippen molar-refractivity contribution in [3.8, 4) is 11.1 Å². The highest BCUT2D eigenvalue weighted by Gasteiger charge is 2.09. The second-order valence-corrected chi connectivity index (χ2v) is 6.44. The normalized spacial score (nSPS) is 11.3. The smallest absolute Gasteiger partial charge is 0.307 e. The minimum Gasteiger partial charge on any atom is -0.481 e. The highest BCUT2D eigenvalue weighted by Crippen LogP contribution is 2.27. The van der Waals surface area contributed by atoms with Crippen LogP contribution in [0.25, 0.3) is 22.0 Å². The van der Waals surface area contributed by atoms with Gasteiger partial charge in [0.2, 0.25) is 0 Å². The molecule has 0 aliphatic rings. The fourth-order valence-corrected chi connectivity index (χ4v) is 2.98. The number of hydrogen-bond donors (Lipinski definition) is 2. The summed E-state index contributed by atoms with van der Waals surface area (Å²) in [5, 5.41) is 9.93. The van der Waals surface area contributed by atoms with Gasteiger partial charge in [0, 0.05) is 17.1 Å². The SMILES string of the molecule is CC(C)Cc1ccc(-c2ccc3c(CC(=O)O)c[nH]c3c2)cc1. The van der Waals surface area contributed by atoms with Gasteiger partial charge in [-0.15, -0.1) is 0 Å². The Morgan fingerprint density at radius 2 is 1.78 bits per heavy atom. The first-order valence-corrected chi connectivity index (χ1v) is 7.94. The van der Waals surface area contributed by atoms with Crippen molar-refractivity contribution in [3.05, 3.63) is 59.8 Å². The first kappa shape index (κ1) is 15.3. The standard InChI is InChI=1S/C20H21NO2/c1-13(2)9-14-3-5-15(6-4-14)16-7-8-18-17(11-20(22)23)12-21-19(18)10-16/h3-8,10,12-13,21H,9,11H2,1-2H3,(H,22,23). The van der Waals surface area contributed by atoms with Gasteiger partial charge in [0.05, 0.1) is 6.42 Å². The lowest BCUT2D eigenvalue weighted by Gasteiger charge is -2.07. The molecule has 3 heteroatoms. The van der Waals surface area contributed by atoms with Crippen LogP contribution in [0.5, 0.6) is 0 Å². The predicted octanol–water partition coefficient (Wildman–Crippen LogP) is 4.66. The predicted molar refractivity (Wildman–Crippen MR) is 93.6 cm³/mol. The summed E-state index contributed by atoms with van der Waals surface area (Å²) >= 11 is 0. The number of H-pyrrole nitrogens is 1. The molecule has 3 aromatic rings. The van der Waals surface area contributed by atoms with Crippen molar-refractivity contribution < 1.29 is 9.90 Å². The average molecular weight is 307 g/mol. The second-order valence-electron chi connectivity index (χ2n) is 6.44. The molecule has 0 fully saturated rings. The number of nitrogens with one attached hydrogen (secondary N) is 1. The monoisotopic (exact) mass is 307 g/mol. The summed E-state index contributed by atoms with van der Waals surface area (Å²) in [6, 6.07) is 14.8. The Labute approximate surface area is 136 Å². The van der Waals surface area contributed by atoms with Crippen LogP contribution in [0, 0.1) is 5.92 Å². The molecule has 3 rings (SSSR count). The number of aromatic amines is 1. The third-order valence-corrected chi connectivity index (χ3v) is 4.04.